The number of anilines is 2. The predicted octanol–water partition coefficient (Wildman–Crippen LogP) is 6.90. The van der Waals surface area contributed by atoms with Crippen molar-refractivity contribution in [2.75, 3.05) is 23.3 Å². The number of hydrogen-bond acceptors (Lipinski definition) is 7. The van der Waals surface area contributed by atoms with Crippen LogP contribution < -0.4 is 5.32 Å². The Morgan fingerprint density at radius 1 is 1.05 bits per heavy atom. The highest BCUT2D eigenvalue weighted by atomic mass is 127. The summed E-state index contributed by atoms with van der Waals surface area (Å²) in [5.41, 5.74) is 0.528. The van der Waals surface area contributed by atoms with Gasteiger partial charge in [-0.3, -0.25) is 5.10 Å². The molecule has 41 heavy (non-hydrogen) atoms. The van der Waals surface area contributed by atoms with E-state index in [1.54, 1.807) is 17.9 Å². The molecule has 5 rings (SSSR count). The van der Waals surface area contributed by atoms with E-state index in [0.717, 1.165) is 11.6 Å². The lowest BCUT2D eigenvalue weighted by Crippen LogP contribution is -2.38. The fraction of sp³-hybridized carbons (Fsp3) is 0.321. The van der Waals surface area contributed by atoms with Crippen molar-refractivity contribution in [2.45, 2.75) is 38.5 Å². The molecule has 4 aromatic rings. The Morgan fingerprint density at radius 3 is 2.39 bits per heavy atom. The minimum atomic E-state index is -4.57. The molecule has 3 heterocycles. The molecule has 2 aromatic carbocycles. The lowest BCUT2D eigenvalue weighted by atomic mass is 9.93. The number of alkyl halides is 4. The van der Waals surface area contributed by atoms with Crippen molar-refractivity contribution in [2.24, 2.45) is 0 Å². The molecule has 0 saturated carbocycles. The lowest BCUT2D eigenvalue weighted by Gasteiger charge is -2.31. The van der Waals surface area contributed by atoms with Gasteiger partial charge in [0.2, 0.25) is 5.95 Å². The summed E-state index contributed by atoms with van der Waals surface area (Å²) in [4.78, 5) is 29.3. The molecule has 0 radical (unpaired) electrons. The molecule has 0 unspecified atom stereocenters. The van der Waals surface area contributed by atoms with Crippen molar-refractivity contribution in [1.82, 2.24) is 30.0 Å². The van der Waals surface area contributed by atoms with Gasteiger partial charge >= 0.3 is 12.3 Å². The third kappa shape index (κ3) is 7.93. The Bertz CT molecular complexity index is 1440. The van der Waals surface area contributed by atoms with Gasteiger partial charge in [0.1, 0.15) is 18.2 Å². The first-order valence-electron chi connectivity index (χ1n) is 12.8. The van der Waals surface area contributed by atoms with E-state index in [9.17, 15) is 18.0 Å². The number of carbonyl (C=O) groups is 1. The van der Waals surface area contributed by atoms with Crippen molar-refractivity contribution in [1.29, 1.82) is 0 Å². The van der Waals surface area contributed by atoms with Crippen LogP contribution >= 0.6 is 22.6 Å². The van der Waals surface area contributed by atoms with E-state index >= 15 is 0 Å². The SMILES string of the molecule is CI.Cc1nc(Nc2cc(C3CCN(C(=O)OCc4ccccc4)CC3)nc(-c3ccccc3C(F)(F)F)n2)n[nH]1. The van der Waals surface area contributed by atoms with Gasteiger partial charge in [0.05, 0.1) is 5.56 Å². The molecule has 1 amide bonds. The molecule has 2 aromatic heterocycles. The molecule has 1 aliphatic heterocycles. The van der Waals surface area contributed by atoms with Gasteiger partial charge in [-0.05, 0) is 36.3 Å². The summed E-state index contributed by atoms with van der Waals surface area (Å²) < 4.78 is 46.8. The van der Waals surface area contributed by atoms with E-state index in [4.69, 9.17) is 4.74 Å². The molecule has 9 nitrogen and oxygen atoms in total. The van der Waals surface area contributed by atoms with Crippen LogP contribution in [0.1, 0.15) is 41.4 Å². The highest BCUT2D eigenvalue weighted by Crippen LogP contribution is 2.37. The van der Waals surface area contributed by atoms with Gasteiger partial charge in [-0.15, -0.1) is 5.10 Å². The summed E-state index contributed by atoms with van der Waals surface area (Å²) in [5, 5.41) is 9.71. The van der Waals surface area contributed by atoms with Gasteiger partial charge in [0, 0.05) is 36.3 Å². The van der Waals surface area contributed by atoms with Crippen LogP contribution in [0.3, 0.4) is 0 Å². The number of hydrogen-bond donors (Lipinski definition) is 2. The number of H-pyrrole nitrogens is 1. The number of likely N-dealkylation sites (tertiary alicyclic amines) is 1. The van der Waals surface area contributed by atoms with Gasteiger partial charge < -0.3 is 15.0 Å². The molecule has 0 aliphatic carbocycles. The molecule has 1 saturated heterocycles. The van der Waals surface area contributed by atoms with E-state index in [-0.39, 0.29) is 35.7 Å². The topological polar surface area (TPSA) is 109 Å². The Labute approximate surface area is 249 Å². The number of nitrogens with one attached hydrogen (secondary N) is 2. The monoisotopic (exact) mass is 679 g/mol. The van der Waals surface area contributed by atoms with E-state index in [1.807, 2.05) is 35.3 Å². The van der Waals surface area contributed by atoms with Crippen molar-refractivity contribution in [3.63, 3.8) is 0 Å². The smallest absolute Gasteiger partial charge is 0.417 e. The number of aromatic nitrogens is 5. The summed E-state index contributed by atoms with van der Waals surface area (Å²) in [6.45, 7) is 2.77. The molecule has 0 atom stereocenters. The molecule has 2 N–H and O–H groups in total. The standard InChI is InChI=1S/C27H26F3N7O2.CH3I/c1-17-31-25(36-35-17)34-23-15-22(32-24(33-23)20-9-5-6-10-21(20)27(28,29)30)19-11-13-37(14-12-19)26(38)39-16-18-7-3-2-4-8-18;1-2/h2-10,15,19H,11-14,16H2,1H3,(H2,31,32,33,34,35,36);1H3. The van der Waals surface area contributed by atoms with Crippen molar-refractivity contribution in [3.05, 3.63) is 83.3 Å². The molecule has 0 spiro atoms. The fourth-order valence-corrected chi connectivity index (χ4v) is 4.47. The van der Waals surface area contributed by atoms with Crippen molar-refractivity contribution < 1.29 is 22.7 Å². The zero-order chi connectivity index (χ0) is 29.4. The summed E-state index contributed by atoms with van der Waals surface area (Å²) in [6, 6.07) is 16.3. The molecule has 216 valence electrons. The van der Waals surface area contributed by atoms with Gasteiger partial charge in [-0.25, -0.2) is 14.8 Å². The maximum absolute atomic E-state index is 13.8. The summed E-state index contributed by atoms with van der Waals surface area (Å²) in [5.74, 6) is 0.928. The Balaban J connectivity index is 0.00000189. The minimum absolute atomic E-state index is 0.0557. The second-order valence-electron chi connectivity index (χ2n) is 9.22. The van der Waals surface area contributed by atoms with Crippen LogP contribution in [-0.2, 0) is 17.5 Å². The van der Waals surface area contributed by atoms with Crippen LogP contribution in [0.2, 0.25) is 0 Å². The highest BCUT2D eigenvalue weighted by molar-refractivity contribution is 14.1. The number of halogens is 4. The van der Waals surface area contributed by atoms with E-state index in [2.05, 4.69) is 53.1 Å². The first-order valence-corrected chi connectivity index (χ1v) is 15.0. The van der Waals surface area contributed by atoms with Crippen LogP contribution in [0, 0.1) is 6.92 Å². The number of nitrogens with zero attached hydrogens (tertiary/aromatic N) is 5. The molecule has 0 bridgehead atoms. The molecular formula is C28H29F3IN7O2. The highest BCUT2D eigenvalue weighted by Gasteiger charge is 2.34. The molecular weight excluding hydrogens is 650 g/mol. The molecule has 1 aliphatic rings. The first kappa shape index (κ1) is 30.2. The number of aromatic amines is 1. The van der Waals surface area contributed by atoms with Crippen LogP contribution in [0.25, 0.3) is 11.4 Å². The predicted molar refractivity (Wildman–Crippen MR) is 157 cm³/mol. The first-order chi connectivity index (χ1) is 19.8. The maximum atomic E-state index is 13.8. The van der Waals surface area contributed by atoms with Gasteiger partial charge in [0.15, 0.2) is 5.82 Å². The van der Waals surface area contributed by atoms with E-state index in [0.29, 0.717) is 37.4 Å². The van der Waals surface area contributed by atoms with Gasteiger partial charge in [-0.1, -0.05) is 71.1 Å². The lowest BCUT2D eigenvalue weighted by molar-refractivity contribution is -0.137. The zero-order valence-corrected chi connectivity index (χ0v) is 24.6. The average Bonchev–Trinajstić information content (AvgIpc) is 3.41. The zero-order valence-electron chi connectivity index (χ0n) is 22.5. The van der Waals surface area contributed by atoms with Crippen LogP contribution in [0.4, 0.5) is 29.7 Å². The summed E-state index contributed by atoms with van der Waals surface area (Å²) in [6.07, 6.45) is -3.84. The second-order valence-corrected chi connectivity index (χ2v) is 9.22. The number of rotatable bonds is 6. The number of carbonyl (C=O) groups excluding carboxylic acids is 1. The number of benzene rings is 2. The summed E-state index contributed by atoms with van der Waals surface area (Å²) >= 11 is 2.15. The summed E-state index contributed by atoms with van der Waals surface area (Å²) in [7, 11) is 0. The Kier molecular flexibility index (Phi) is 10.1. The van der Waals surface area contributed by atoms with Crippen LogP contribution in [-0.4, -0.2) is 54.2 Å². The van der Waals surface area contributed by atoms with Crippen LogP contribution in [0.15, 0.2) is 60.7 Å². The quantitative estimate of drug-likeness (QED) is 0.169. The van der Waals surface area contributed by atoms with Crippen molar-refractivity contribution in [3.8, 4) is 11.4 Å². The number of piperidine rings is 1. The normalized spacial score (nSPS) is 13.8. The van der Waals surface area contributed by atoms with E-state index in [1.165, 1.54) is 18.2 Å². The van der Waals surface area contributed by atoms with Crippen LogP contribution in [0.5, 0.6) is 0 Å². The average molecular weight is 679 g/mol. The Hall–Kier alpha value is -3.75. The minimum Gasteiger partial charge on any atom is -0.445 e. The van der Waals surface area contributed by atoms with Gasteiger partial charge in [0.25, 0.3) is 0 Å². The van der Waals surface area contributed by atoms with E-state index < -0.39 is 17.8 Å². The third-order valence-corrected chi connectivity index (χ3v) is 6.43. The second kappa shape index (κ2) is 13.7. The van der Waals surface area contributed by atoms with Crippen molar-refractivity contribution >= 4 is 40.5 Å². The molecule has 1 fully saturated rings. The largest absolute Gasteiger partial charge is 0.445 e. The number of ether oxygens (including phenoxy) is 1. The number of aryl methyl sites for hydroxylation is 1. The molecule has 13 heteroatoms. The Morgan fingerprint density at radius 2 is 1.73 bits per heavy atom. The number of amides is 1. The third-order valence-electron chi connectivity index (χ3n) is 6.43. The maximum Gasteiger partial charge on any atom is 0.417 e. The fourth-order valence-electron chi connectivity index (χ4n) is 4.47. The van der Waals surface area contributed by atoms with Gasteiger partial charge in [-0.2, -0.15) is 18.2 Å².